The van der Waals surface area contributed by atoms with Crippen molar-refractivity contribution in [2.45, 2.75) is 20.3 Å². The highest BCUT2D eigenvalue weighted by Gasteiger charge is 2.21. The van der Waals surface area contributed by atoms with Crippen molar-refractivity contribution < 1.29 is 4.79 Å². The number of aliphatic imine (C=N–C) groups is 1. The Kier molecular flexibility index (Phi) is 3.84. The van der Waals surface area contributed by atoms with Crippen LogP contribution in [0.25, 0.3) is 0 Å². The van der Waals surface area contributed by atoms with Crippen LogP contribution in [-0.2, 0) is 4.79 Å². The molecule has 0 saturated heterocycles. The summed E-state index contributed by atoms with van der Waals surface area (Å²) < 4.78 is 0. The minimum Gasteiger partial charge on any atom is -0.274 e. The molecule has 0 saturated carbocycles. The molecule has 0 aromatic heterocycles. The van der Waals surface area contributed by atoms with Crippen LogP contribution >= 0.6 is 11.8 Å². The van der Waals surface area contributed by atoms with Gasteiger partial charge in [-0.25, -0.2) is 0 Å². The summed E-state index contributed by atoms with van der Waals surface area (Å²) in [6.07, 6.45) is 1.09. The lowest BCUT2D eigenvalue weighted by Crippen LogP contribution is -2.35. The molecular formula is C13H16N2OS. The number of thioether (sulfide) groups is 1. The number of anilines is 1. The van der Waals surface area contributed by atoms with Gasteiger partial charge < -0.3 is 0 Å². The monoisotopic (exact) mass is 248 g/mol. The molecule has 90 valence electrons. The SMILES string of the molecule is CC(=O)N(C1=NCCCS1)c1ccccc1C. The van der Waals surface area contributed by atoms with E-state index in [0.29, 0.717) is 0 Å². The Hall–Kier alpha value is -1.29. The largest absolute Gasteiger partial charge is 0.274 e. The zero-order chi connectivity index (χ0) is 12.3. The lowest BCUT2D eigenvalue weighted by Gasteiger charge is -2.25. The predicted molar refractivity (Wildman–Crippen MR) is 73.7 cm³/mol. The Morgan fingerprint density at radius 2 is 2.18 bits per heavy atom. The molecule has 0 spiro atoms. The summed E-state index contributed by atoms with van der Waals surface area (Å²) in [6.45, 7) is 4.42. The first-order valence-corrected chi connectivity index (χ1v) is 6.72. The maximum absolute atomic E-state index is 11.8. The van der Waals surface area contributed by atoms with Crippen LogP contribution < -0.4 is 4.90 Å². The zero-order valence-corrected chi connectivity index (χ0v) is 11.0. The van der Waals surface area contributed by atoms with Gasteiger partial charge in [-0.3, -0.25) is 14.7 Å². The molecule has 1 aromatic rings. The smallest absolute Gasteiger partial charge is 0.230 e. The summed E-state index contributed by atoms with van der Waals surface area (Å²) in [7, 11) is 0. The second-order valence-corrected chi connectivity index (χ2v) is 5.07. The van der Waals surface area contributed by atoms with Crippen molar-refractivity contribution in [1.29, 1.82) is 0 Å². The number of amidine groups is 1. The van der Waals surface area contributed by atoms with Crippen LogP contribution in [0.15, 0.2) is 29.3 Å². The molecule has 17 heavy (non-hydrogen) atoms. The number of para-hydroxylation sites is 1. The molecule has 1 amide bonds. The summed E-state index contributed by atoms with van der Waals surface area (Å²) in [5.74, 6) is 1.06. The molecule has 0 radical (unpaired) electrons. The van der Waals surface area contributed by atoms with Crippen LogP contribution in [-0.4, -0.2) is 23.4 Å². The maximum Gasteiger partial charge on any atom is 0.230 e. The number of carbonyl (C=O) groups is 1. The van der Waals surface area contributed by atoms with Gasteiger partial charge in [-0.05, 0) is 25.0 Å². The van der Waals surface area contributed by atoms with Gasteiger partial charge in [-0.1, -0.05) is 30.0 Å². The van der Waals surface area contributed by atoms with Crippen LogP contribution in [0.4, 0.5) is 5.69 Å². The molecule has 1 aliphatic rings. The Balaban J connectivity index is 2.39. The van der Waals surface area contributed by atoms with Crippen molar-refractivity contribution in [3.8, 4) is 0 Å². The summed E-state index contributed by atoms with van der Waals surface area (Å²) in [5.41, 5.74) is 2.03. The molecule has 0 bridgehead atoms. The number of amides is 1. The zero-order valence-electron chi connectivity index (χ0n) is 10.1. The highest BCUT2D eigenvalue weighted by atomic mass is 32.2. The molecule has 3 nitrogen and oxygen atoms in total. The van der Waals surface area contributed by atoms with Crippen LogP contribution in [0, 0.1) is 6.92 Å². The second kappa shape index (κ2) is 5.36. The molecule has 1 aliphatic heterocycles. The van der Waals surface area contributed by atoms with E-state index in [4.69, 9.17) is 0 Å². The highest BCUT2D eigenvalue weighted by molar-refractivity contribution is 8.14. The third kappa shape index (κ3) is 2.69. The molecule has 0 unspecified atom stereocenters. The van der Waals surface area contributed by atoms with E-state index in [1.807, 2.05) is 31.2 Å². The van der Waals surface area contributed by atoms with E-state index in [1.165, 1.54) is 0 Å². The quantitative estimate of drug-likeness (QED) is 0.765. The van der Waals surface area contributed by atoms with Crippen molar-refractivity contribution in [3.05, 3.63) is 29.8 Å². The Bertz CT molecular complexity index is 456. The fraction of sp³-hybridized carbons (Fsp3) is 0.385. The van der Waals surface area contributed by atoms with Crippen LogP contribution in [0.2, 0.25) is 0 Å². The number of aryl methyl sites for hydroxylation is 1. The van der Waals surface area contributed by atoms with E-state index in [1.54, 1.807) is 23.6 Å². The fourth-order valence-corrected chi connectivity index (χ4v) is 2.80. The molecule has 2 rings (SSSR count). The topological polar surface area (TPSA) is 32.7 Å². The van der Waals surface area contributed by atoms with Crippen molar-refractivity contribution in [1.82, 2.24) is 0 Å². The third-order valence-electron chi connectivity index (χ3n) is 2.64. The Morgan fingerprint density at radius 1 is 1.41 bits per heavy atom. The number of benzene rings is 1. The highest BCUT2D eigenvalue weighted by Crippen LogP contribution is 2.25. The average Bonchev–Trinajstić information content (AvgIpc) is 2.33. The van der Waals surface area contributed by atoms with E-state index in [0.717, 1.165) is 35.1 Å². The normalized spacial score (nSPS) is 15.3. The molecule has 1 heterocycles. The van der Waals surface area contributed by atoms with E-state index in [-0.39, 0.29) is 5.91 Å². The van der Waals surface area contributed by atoms with Crippen LogP contribution in [0.5, 0.6) is 0 Å². The Labute approximate surface area is 106 Å². The molecule has 0 aliphatic carbocycles. The molecule has 1 aromatic carbocycles. The van der Waals surface area contributed by atoms with Gasteiger partial charge >= 0.3 is 0 Å². The summed E-state index contributed by atoms with van der Waals surface area (Å²) in [6, 6.07) is 7.91. The first kappa shape index (κ1) is 12.2. The maximum atomic E-state index is 11.8. The van der Waals surface area contributed by atoms with Gasteiger partial charge in [0, 0.05) is 19.2 Å². The molecule has 0 N–H and O–H groups in total. The molecule has 0 atom stereocenters. The van der Waals surface area contributed by atoms with Gasteiger partial charge in [-0.15, -0.1) is 0 Å². The first-order chi connectivity index (χ1) is 8.20. The van der Waals surface area contributed by atoms with Gasteiger partial charge in [0.05, 0.1) is 5.69 Å². The number of carbonyl (C=O) groups excluding carboxylic acids is 1. The second-order valence-electron chi connectivity index (χ2n) is 4.01. The van der Waals surface area contributed by atoms with Crippen molar-refractivity contribution >= 4 is 28.5 Å². The third-order valence-corrected chi connectivity index (χ3v) is 3.71. The van der Waals surface area contributed by atoms with Crippen molar-refractivity contribution in [3.63, 3.8) is 0 Å². The lowest BCUT2D eigenvalue weighted by molar-refractivity contribution is -0.115. The molecule has 4 heteroatoms. The van der Waals surface area contributed by atoms with Gasteiger partial charge in [-0.2, -0.15) is 0 Å². The van der Waals surface area contributed by atoms with E-state index in [2.05, 4.69) is 4.99 Å². The van der Waals surface area contributed by atoms with E-state index < -0.39 is 0 Å². The number of hydrogen-bond donors (Lipinski definition) is 0. The minimum absolute atomic E-state index is 0.0208. The number of nitrogens with zero attached hydrogens (tertiary/aromatic N) is 2. The minimum atomic E-state index is 0.0208. The fourth-order valence-electron chi connectivity index (χ4n) is 1.81. The summed E-state index contributed by atoms with van der Waals surface area (Å²) in [5, 5.41) is 0.832. The summed E-state index contributed by atoms with van der Waals surface area (Å²) >= 11 is 1.66. The molecular weight excluding hydrogens is 232 g/mol. The summed E-state index contributed by atoms with van der Waals surface area (Å²) in [4.78, 5) is 18.0. The number of hydrogen-bond acceptors (Lipinski definition) is 3. The Morgan fingerprint density at radius 3 is 2.76 bits per heavy atom. The average molecular weight is 248 g/mol. The predicted octanol–water partition coefficient (Wildman–Crippen LogP) is 2.84. The number of rotatable bonds is 1. The standard InChI is InChI=1S/C13H16N2OS/c1-10-6-3-4-7-12(10)15(11(2)16)13-14-8-5-9-17-13/h3-4,6-7H,5,8-9H2,1-2H3. The van der Waals surface area contributed by atoms with Crippen molar-refractivity contribution in [2.24, 2.45) is 4.99 Å². The van der Waals surface area contributed by atoms with Gasteiger partial charge in [0.25, 0.3) is 0 Å². The van der Waals surface area contributed by atoms with Crippen molar-refractivity contribution in [2.75, 3.05) is 17.2 Å². The van der Waals surface area contributed by atoms with Gasteiger partial charge in [0.1, 0.15) is 0 Å². The molecule has 0 fully saturated rings. The van der Waals surface area contributed by atoms with E-state index >= 15 is 0 Å². The van der Waals surface area contributed by atoms with Gasteiger partial charge in [0.2, 0.25) is 5.91 Å². The van der Waals surface area contributed by atoms with E-state index in [9.17, 15) is 4.79 Å². The van der Waals surface area contributed by atoms with Crippen LogP contribution in [0.3, 0.4) is 0 Å². The van der Waals surface area contributed by atoms with Gasteiger partial charge in [0.15, 0.2) is 5.17 Å². The van der Waals surface area contributed by atoms with Crippen LogP contribution in [0.1, 0.15) is 18.9 Å². The first-order valence-electron chi connectivity index (χ1n) is 5.73. The lowest BCUT2D eigenvalue weighted by atomic mass is 10.2.